The van der Waals surface area contributed by atoms with Gasteiger partial charge in [-0.25, -0.2) is 4.39 Å². The summed E-state index contributed by atoms with van der Waals surface area (Å²) in [7, 11) is 1.58. The third-order valence-electron chi connectivity index (χ3n) is 2.69. The molecular formula is C14H13FINO2. The van der Waals surface area contributed by atoms with Gasteiger partial charge < -0.3 is 15.2 Å². The minimum Gasteiger partial charge on any atom is -0.508 e. The summed E-state index contributed by atoms with van der Waals surface area (Å²) < 4.78 is 18.9. The van der Waals surface area contributed by atoms with E-state index in [1.165, 1.54) is 12.1 Å². The topological polar surface area (TPSA) is 41.5 Å². The predicted molar refractivity (Wildman–Crippen MR) is 81.1 cm³/mol. The molecule has 2 N–H and O–H groups in total. The second-order valence-electron chi connectivity index (χ2n) is 3.97. The van der Waals surface area contributed by atoms with E-state index in [4.69, 9.17) is 4.74 Å². The lowest BCUT2D eigenvalue weighted by molar-refractivity contribution is 0.411. The molecular weight excluding hydrogens is 360 g/mol. The molecule has 0 saturated carbocycles. The highest BCUT2D eigenvalue weighted by atomic mass is 127. The van der Waals surface area contributed by atoms with Gasteiger partial charge in [-0.1, -0.05) is 0 Å². The van der Waals surface area contributed by atoms with Gasteiger partial charge in [0.15, 0.2) is 0 Å². The molecule has 0 atom stereocenters. The van der Waals surface area contributed by atoms with Crippen LogP contribution in [0.4, 0.5) is 10.1 Å². The Morgan fingerprint density at radius 2 is 2.05 bits per heavy atom. The fourth-order valence-electron chi connectivity index (χ4n) is 1.65. The Kier molecular flexibility index (Phi) is 4.47. The van der Waals surface area contributed by atoms with Crippen LogP contribution in [0.1, 0.15) is 5.56 Å². The molecule has 0 amide bonds. The van der Waals surface area contributed by atoms with Gasteiger partial charge in [-0.05, 0) is 59.0 Å². The molecule has 2 aromatic rings. The standard InChI is InChI=1S/C14H13FINO2/c1-19-11-3-5-14(18)9(6-11)8-17-13-4-2-10(15)7-12(13)16/h2-7,17-18H,8H2,1H3. The minimum absolute atomic E-state index is 0.199. The lowest BCUT2D eigenvalue weighted by Crippen LogP contribution is -2.02. The van der Waals surface area contributed by atoms with Crippen molar-refractivity contribution in [2.24, 2.45) is 0 Å². The van der Waals surface area contributed by atoms with Crippen molar-refractivity contribution in [1.82, 2.24) is 0 Å². The van der Waals surface area contributed by atoms with Crippen molar-refractivity contribution >= 4 is 28.3 Å². The number of hydrogen-bond donors (Lipinski definition) is 2. The van der Waals surface area contributed by atoms with Gasteiger partial charge >= 0.3 is 0 Å². The quantitative estimate of drug-likeness (QED) is 0.803. The second-order valence-corrected chi connectivity index (χ2v) is 5.13. The summed E-state index contributed by atoms with van der Waals surface area (Å²) in [5, 5.41) is 12.9. The first-order valence-electron chi connectivity index (χ1n) is 5.65. The molecule has 0 aliphatic carbocycles. The lowest BCUT2D eigenvalue weighted by atomic mass is 10.2. The Morgan fingerprint density at radius 1 is 1.26 bits per heavy atom. The number of aromatic hydroxyl groups is 1. The summed E-state index contributed by atoms with van der Waals surface area (Å²) >= 11 is 2.06. The normalized spacial score (nSPS) is 10.3. The van der Waals surface area contributed by atoms with Gasteiger partial charge in [-0.15, -0.1) is 0 Å². The van der Waals surface area contributed by atoms with Crippen molar-refractivity contribution < 1.29 is 14.2 Å². The zero-order valence-corrected chi connectivity index (χ0v) is 12.4. The average Bonchev–Trinajstić information content (AvgIpc) is 2.39. The molecule has 2 rings (SSSR count). The Bertz CT molecular complexity index is 590. The van der Waals surface area contributed by atoms with Crippen molar-refractivity contribution in [3.63, 3.8) is 0 Å². The molecule has 5 heteroatoms. The van der Waals surface area contributed by atoms with E-state index < -0.39 is 0 Å². The van der Waals surface area contributed by atoms with E-state index in [0.717, 1.165) is 14.8 Å². The number of phenolic OH excluding ortho intramolecular Hbond substituents is 1. The van der Waals surface area contributed by atoms with E-state index in [1.54, 1.807) is 31.4 Å². The molecule has 0 radical (unpaired) electrons. The van der Waals surface area contributed by atoms with Crippen molar-refractivity contribution in [1.29, 1.82) is 0 Å². The number of phenols is 1. The largest absolute Gasteiger partial charge is 0.508 e. The highest BCUT2D eigenvalue weighted by Gasteiger charge is 2.05. The van der Waals surface area contributed by atoms with Gasteiger partial charge in [0.2, 0.25) is 0 Å². The van der Waals surface area contributed by atoms with Crippen LogP contribution in [0.15, 0.2) is 36.4 Å². The van der Waals surface area contributed by atoms with Crippen molar-refractivity contribution in [2.75, 3.05) is 12.4 Å². The van der Waals surface area contributed by atoms with Crippen molar-refractivity contribution in [3.8, 4) is 11.5 Å². The molecule has 19 heavy (non-hydrogen) atoms. The van der Waals surface area contributed by atoms with Crippen molar-refractivity contribution in [3.05, 3.63) is 51.3 Å². The highest BCUT2D eigenvalue weighted by molar-refractivity contribution is 14.1. The first-order valence-corrected chi connectivity index (χ1v) is 6.73. The monoisotopic (exact) mass is 373 g/mol. The van der Waals surface area contributed by atoms with E-state index in [1.807, 2.05) is 0 Å². The average molecular weight is 373 g/mol. The van der Waals surface area contributed by atoms with Crippen LogP contribution >= 0.6 is 22.6 Å². The Balaban J connectivity index is 2.14. The molecule has 0 spiro atoms. The van der Waals surface area contributed by atoms with Gasteiger partial charge in [-0.3, -0.25) is 0 Å². The maximum Gasteiger partial charge on any atom is 0.124 e. The van der Waals surface area contributed by atoms with Gasteiger partial charge in [0, 0.05) is 21.4 Å². The van der Waals surface area contributed by atoms with Crippen LogP contribution in [-0.4, -0.2) is 12.2 Å². The molecule has 3 nitrogen and oxygen atoms in total. The summed E-state index contributed by atoms with van der Waals surface area (Å²) in [6, 6.07) is 9.57. The molecule has 2 aromatic carbocycles. The van der Waals surface area contributed by atoms with Crippen LogP contribution in [0.2, 0.25) is 0 Å². The van der Waals surface area contributed by atoms with Crippen LogP contribution in [-0.2, 0) is 6.54 Å². The van der Waals surface area contributed by atoms with Crippen LogP contribution in [0.5, 0.6) is 11.5 Å². The Morgan fingerprint density at radius 3 is 2.74 bits per heavy atom. The number of nitrogens with one attached hydrogen (secondary N) is 1. The maximum absolute atomic E-state index is 13.0. The number of ether oxygens (including phenoxy) is 1. The fourth-order valence-corrected chi connectivity index (χ4v) is 2.32. The van der Waals surface area contributed by atoms with E-state index >= 15 is 0 Å². The summed E-state index contributed by atoms with van der Waals surface area (Å²) in [6.45, 7) is 0.435. The molecule has 0 aromatic heterocycles. The second kappa shape index (κ2) is 6.10. The van der Waals surface area contributed by atoms with E-state index in [-0.39, 0.29) is 11.6 Å². The smallest absolute Gasteiger partial charge is 0.124 e. The Labute approximate surface area is 124 Å². The van der Waals surface area contributed by atoms with E-state index in [0.29, 0.717) is 12.3 Å². The minimum atomic E-state index is -0.265. The predicted octanol–water partition coefficient (Wildman–Crippen LogP) is 3.76. The highest BCUT2D eigenvalue weighted by Crippen LogP contribution is 2.25. The molecule has 0 heterocycles. The summed E-state index contributed by atoms with van der Waals surface area (Å²) in [4.78, 5) is 0. The first-order chi connectivity index (χ1) is 9.10. The van der Waals surface area contributed by atoms with Crippen LogP contribution in [0.3, 0.4) is 0 Å². The number of rotatable bonds is 4. The third-order valence-corrected chi connectivity index (χ3v) is 3.58. The van der Waals surface area contributed by atoms with Gasteiger partial charge in [0.1, 0.15) is 17.3 Å². The zero-order valence-electron chi connectivity index (χ0n) is 10.3. The maximum atomic E-state index is 13.0. The van der Waals surface area contributed by atoms with Crippen LogP contribution in [0.25, 0.3) is 0 Å². The first kappa shape index (κ1) is 13.9. The third kappa shape index (κ3) is 3.50. The van der Waals surface area contributed by atoms with Crippen LogP contribution in [0, 0.1) is 9.39 Å². The fraction of sp³-hybridized carbons (Fsp3) is 0.143. The van der Waals surface area contributed by atoms with E-state index in [9.17, 15) is 9.50 Å². The number of methoxy groups -OCH3 is 1. The molecule has 0 aliphatic heterocycles. The molecule has 0 fully saturated rings. The number of hydrogen-bond acceptors (Lipinski definition) is 3. The molecule has 0 unspecified atom stereocenters. The molecule has 100 valence electrons. The number of halogens is 2. The summed E-state index contributed by atoms with van der Waals surface area (Å²) in [6.07, 6.45) is 0. The lowest BCUT2D eigenvalue weighted by Gasteiger charge is -2.11. The molecule has 0 saturated heterocycles. The van der Waals surface area contributed by atoms with Crippen molar-refractivity contribution in [2.45, 2.75) is 6.54 Å². The summed E-state index contributed by atoms with van der Waals surface area (Å²) in [5.41, 5.74) is 1.55. The summed E-state index contributed by atoms with van der Waals surface area (Å²) in [5.74, 6) is 0.619. The van der Waals surface area contributed by atoms with Crippen LogP contribution < -0.4 is 10.1 Å². The van der Waals surface area contributed by atoms with Gasteiger partial charge in [0.05, 0.1) is 7.11 Å². The molecule has 0 bridgehead atoms. The number of benzene rings is 2. The van der Waals surface area contributed by atoms with Gasteiger partial charge in [-0.2, -0.15) is 0 Å². The Hall–Kier alpha value is -1.50. The zero-order chi connectivity index (χ0) is 13.8. The molecule has 0 aliphatic rings. The van der Waals surface area contributed by atoms with Gasteiger partial charge in [0.25, 0.3) is 0 Å². The number of anilines is 1. The SMILES string of the molecule is COc1ccc(O)c(CNc2ccc(F)cc2I)c1. The van der Waals surface area contributed by atoms with E-state index in [2.05, 4.69) is 27.9 Å².